The highest BCUT2D eigenvalue weighted by molar-refractivity contribution is 8.13. The summed E-state index contributed by atoms with van der Waals surface area (Å²) < 4.78 is 24.0. The van der Waals surface area contributed by atoms with E-state index < -0.39 is 14.7 Å². The SMILES string of the molecule is CS(=O)(=O)Cl.C[C@@H]1C=CCN1C(=O)OC(C)(C)C. The van der Waals surface area contributed by atoms with Crippen LogP contribution < -0.4 is 0 Å². The van der Waals surface area contributed by atoms with Crippen molar-refractivity contribution < 1.29 is 17.9 Å². The fourth-order valence-corrected chi connectivity index (χ4v) is 1.20. The normalized spacial score (nSPS) is 19.2. The van der Waals surface area contributed by atoms with Crippen LogP contribution in [0.15, 0.2) is 12.2 Å². The van der Waals surface area contributed by atoms with Crippen molar-refractivity contribution in [3.05, 3.63) is 12.2 Å². The lowest BCUT2D eigenvalue weighted by atomic mass is 10.2. The van der Waals surface area contributed by atoms with E-state index in [1.165, 1.54) is 0 Å². The molecule has 0 aromatic heterocycles. The van der Waals surface area contributed by atoms with Gasteiger partial charge in [-0.2, -0.15) is 0 Å². The fourth-order valence-electron chi connectivity index (χ4n) is 1.20. The Bertz CT molecular complexity index is 403. The summed E-state index contributed by atoms with van der Waals surface area (Å²) in [5, 5.41) is 0. The van der Waals surface area contributed by atoms with Crippen molar-refractivity contribution in [3.8, 4) is 0 Å². The van der Waals surface area contributed by atoms with Crippen LogP contribution in [-0.2, 0) is 13.8 Å². The van der Waals surface area contributed by atoms with Crippen LogP contribution in [0.3, 0.4) is 0 Å². The Morgan fingerprint density at radius 1 is 1.44 bits per heavy atom. The van der Waals surface area contributed by atoms with Crippen molar-refractivity contribution in [2.45, 2.75) is 39.3 Å². The van der Waals surface area contributed by atoms with Crippen LogP contribution in [0.4, 0.5) is 4.79 Å². The van der Waals surface area contributed by atoms with Crippen LogP contribution in [0.2, 0.25) is 0 Å². The molecule has 7 heteroatoms. The molecule has 0 radical (unpaired) electrons. The first-order valence-electron chi connectivity index (χ1n) is 5.46. The standard InChI is InChI=1S/C10H17NO2.CH3ClO2S/c1-8-6-5-7-11(8)9(12)13-10(2,3)4;1-5(2,3)4/h5-6,8H,7H2,1-4H3;1H3/t8-;/m1./s1. The average Bonchev–Trinajstić information content (AvgIpc) is 2.44. The van der Waals surface area contributed by atoms with Crippen LogP contribution in [0.1, 0.15) is 27.7 Å². The zero-order valence-corrected chi connectivity index (χ0v) is 12.9. The van der Waals surface area contributed by atoms with E-state index in [9.17, 15) is 13.2 Å². The maximum atomic E-state index is 11.5. The molecule has 1 aliphatic rings. The van der Waals surface area contributed by atoms with Gasteiger partial charge in [-0.3, -0.25) is 4.90 Å². The van der Waals surface area contributed by atoms with Gasteiger partial charge in [0.1, 0.15) is 5.60 Å². The molecule has 0 saturated heterocycles. The van der Waals surface area contributed by atoms with Gasteiger partial charge in [-0.1, -0.05) is 12.2 Å². The molecule has 1 atom stereocenters. The number of nitrogens with zero attached hydrogens (tertiary/aromatic N) is 1. The number of amides is 1. The molecule has 106 valence electrons. The summed E-state index contributed by atoms with van der Waals surface area (Å²) in [5.41, 5.74) is -0.403. The molecule has 0 aromatic carbocycles. The maximum absolute atomic E-state index is 11.5. The highest BCUT2D eigenvalue weighted by Gasteiger charge is 2.26. The van der Waals surface area contributed by atoms with E-state index in [2.05, 4.69) is 10.7 Å². The Morgan fingerprint density at radius 3 is 2.17 bits per heavy atom. The molecule has 0 spiro atoms. The van der Waals surface area contributed by atoms with E-state index in [-0.39, 0.29) is 12.1 Å². The van der Waals surface area contributed by atoms with Gasteiger partial charge in [-0.15, -0.1) is 0 Å². The molecule has 1 amide bonds. The van der Waals surface area contributed by atoms with Crippen molar-refractivity contribution in [1.29, 1.82) is 0 Å². The lowest BCUT2D eigenvalue weighted by molar-refractivity contribution is 0.0253. The zero-order chi connectivity index (χ0) is 14.6. The van der Waals surface area contributed by atoms with E-state index in [4.69, 9.17) is 4.74 Å². The van der Waals surface area contributed by atoms with Gasteiger partial charge in [-0.05, 0) is 27.7 Å². The largest absolute Gasteiger partial charge is 0.444 e. The molecule has 0 fully saturated rings. The number of hydrogen-bond acceptors (Lipinski definition) is 4. The van der Waals surface area contributed by atoms with Crippen molar-refractivity contribution in [2.24, 2.45) is 0 Å². The van der Waals surface area contributed by atoms with Gasteiger partial charge in [0, 0.05) is 17.2 Å². The van der Waals surface area contributed by atoms with Gasteiger partial charge >= 0.3 is 6.09 Å². The lowest BCUT2D eigenvalue weighted by Gasteiger charge is -2.26. The number of carbonyl (C=O) groups excluding carboxylic acids is 1. The number of ether oxygens (including phenoxy) is 1. The van der Waals surface area contributed by atoms with Crippen molar-refractivity contribution >= 4 is 25.8 Å². The van der Waals surface area contributed by atoms with E-state index in [1.807, 2.05) is 39.8 Å². The van der Waals surface area contributed by atoms with Gasteiger partial charge in [-0.25, -0.2) is 13.2 Å². The third-order valence-corrected chi connectivity index (χ3v) is 1.84. The van der Waals surface area contributed by atoms with Gasteiger partial charge < -0.3 is 4.74 Å². The zero-order valence-electron chi connectivity index (χ0n) is 11.3. The average molecular weight is 298 g/mol. The number of hydrogen-bond donors (Lipinski definition) is 0. The summed E-state index contributed by atoms with van der Waals surface area (Å²) in [7, 11) is 1.31. The van der Waals surface area contributed by atoms with Crippen LogP contribution in [-0.4, -0.2) is 43.9 Å². The Hall–Kier alpha value is -0.750. The quantitative estimate of drug-likeness (QED) is 0.508. The predicted octanol–water partition coefficient (Wildman–Crippen LogP) is 2.37. The first-order chi connectivity index (χ1) is 7.90. The molecule has 1 heterocycles. The van der Waals surface area contributed by atoms with E-state index in [0.29, 0.717) is 6.54 Å². The minimum absolute atomic E-state index is 0.162. The third kappa shape index (κ3) is 9.30. The smallest absolute Gasteiger partial charge is 0.411 e. The van der Waals surface area contributed by atoms with Gasteiger partial charge in [0.25, 0.3) is 0 Å². The Balaban J connectivity index is 0.000000494. The third-order valence-electron chi connectivity index (χ3n) is 1.84. The summed E-state index contributed by atoms with van der Waals surface area (Å²) in [5.74, 6) is 0. The van der Waals surface area contributed by atoms with Gasteiger partial charge in [0.15, 0.2) is 0 Å². The molecule has 5 nitrogen and oxygen atoms in total. The fraction of sp³-hybridized carbons (Fsp3) is 0.727. The molecular weight excluding hydrogens is 278 g/mol. The monoisotopic (exact) mass is 297 g/mol. The maximum Gasteiger partial charge on any atom is 0.411 e. The van der Waals surface area contributed by atoms with Crippen LogP contribution in [0.25, 0.3) is 0 Å². The van der Waals surface area contributed by atoms with Crippen LogP contribution in [0.5, 0.6) is 0 Å². The second-order valence-corrected chi connectivity index (χ2v) is 8.03. The number of carbonyl (C=O) groups is 1. The molecule has 0 aromatic rings. The van der Waals surface area contributed by atoms with E-state index in [1.54, 1.807) is 4.90 Å². The van der Waals surface area contributed by atoms with E-state index >= 15 is 0 Å². The van der Waals surface area contributed by atoms with Crippen LogP contribution in [0, 0.1) is 0 Å². The summed E-state index contributed by atoms with van der Waals surface area (Å²) >= 11 is 0. The second kappa shape index (κ2) is 6.43. The topological polar surface area (TPSA) is 63.7 Å². The summed E-state index contributed by atoms with van der Waals surface area (Å²) in [6.45, 7) is 8.26. The van der Waals surface area contributed by atoms with Gasteiger partial charge in [0.05, 0.1) is 12.3 Å². The molecule has 1 rings (SSSR count). The Kier molecular flexibility index (Phi) is 6.16. The molecule has 18 heavy (non-hydrogen) atoms. The highest BCUT2D eigenvalue weighted by atomic mass is 35.7. The number of rotatable bonds is 0. The second-order valence-electron chi connectivity index (χ2n) is 4.98. The molecule has 0 N–H and O–H groups in total. The first kappa shape index (κ1) is 17.2. The molecule has 1 aliphatic heterocycles. The Labute approximate surface area is 113 Å². The van der Waals surface area contributed by atoms with Crippen LogP contribution >= 0.6 is 10.7 Å². The summed E-state index contributed by atoms with van der Waals surface area (Å²) in [6.07, 6.45) is 4.68. The molecule has 0 saturated carbocycles. The lowest BCUT2D eigenvalue weighted by Crippen LogP contribution is -2.38. The molecule has 0 bridgehead atoms. The summed E-state index contributed by atoms with van der Waals surface area (Å²) in [4.78, 5) is 13.2. The highest BCUT2D eigenvalue weighted by Crippen LogP contribution is 2.15. The predicted molar refractivity (Wildman–Crippen MR) is 72.2 cm³/mol. The van der Waals surface area contributed by atoms with Crippen molar-refractivity contribution in [3.63, 3.8) is 0 Å². The molecule has 0 aliphatic carbocycles. The van der Waals surface area contributed by atoms with Crippen molar-refractivity contribution in [1.82, 2.24) is 4.90 Å². The molecule has 0 unspecified atom stereocenters. The Morgan fingerprint density at radius 2 is 1.89 bits per heavy atom. The first-order valence-corrected chi connectivity index (χ1v) is 8.18. The van der Waals surface area contributed by atoms with Crippen molar-refractivity contribution in [2.75, 3.05) is 12.8 Å². The minimum atomic E-state index is -3.19. The molecular formula is C11H20ClNO4S. The number of halogens is 1. The van der Waals surface area contributed by atoms with Gasteiger partial charge in [0.2, 0.25) is 9.05 Å². The van der Waals surface area contributed by atoms with E-state index in [0.717, 1.165) is 6.26 Å². The summed E-state index contributed by atoms with van der Waals surface area (Å²) in [6, 6.07) is 0.162. The minimum Gasteiger partial charge on any atom is -0.444 e.